The third-order valence-electron chi connectivity index (χ3n) is 2.38. The second-order valence-electron chi connectivity index (χ2n) is 3.53. The number of aliphatic hydroxyl groups is 1. The first kappa shape index (κ1) is 9.86. The van der Waals surface area contributed by atoms with Crippen molar-refractivity contribution in [3.8, 4) is 0 Å². The van der Waals surface area contributed by atoms with Crippen molar-refractivity contribution >= 4 is 0 Å². The molecule has 0 spiro atoms. The fourth-order valence-electron chi connectivity index (χ4n) is 1.55. The molecule has 2 rings (SSSR count). The quantitative estimate of drug-likeness (QED) is 0.798. The molecule has 2 aromatic heterocycles. The van der Waals surface area contributed by atoms with Gasteiger partial charge in [0.1, 0.15) is 6.10 Å². The summed E-state index contributed by atoms with van der Waals surface area (Å²) in [7, 11) is 1.83. The van der Waals surface area contributed by atoms with Gasteiger partial charge in [-0.1, -0.05) is 6.07 Å². The number of aliphatic hydroxyl groups excluding tert-OH is 1. The largest absolute Gasteiger partial charge is 0.383 e. The van der Waals surface area contributed by atoms with Crippen LogP contribution in [0.25, 0.3) is 0 Å². The maximum absolute atomic E-state index is 10.1. The van der Waals surface area contributed by atoms with Gasteiger partial charge in [0.15, 0.2) is 0 Å². The minimum atomic E-state index is -0.646. The van der Waals surface area contributed by atoms with E-state index in [2.05, 4.69) is 10.1 Å². The lowest BCUT2D eigenvalue weighted by Crippen LogP contribution is -2.02. The summed E-state index contributed by atoms with van der Waals surface area (Å²) in [5.74, 6) is 0. The van der Waals surface area contributed by atoms with Gasteiger partial charge < -0.3 is 5.11 Å². The topological polar surface area (TPSA) is 50.9 Å². The van der Waals surface area contributed by atoms with Gasteiger partial charge in [-0.25, -0.2) is 0 Å². The van der Waals surface area contributed by atoms with E-state index in [9.17, 15) is 5.11 Å². The van der Waals surface area contributed by atoms with Gasteiger partial charge in [-0.3, -0.25) is 9.67 Å². The zero-order valence-corrected chi connectivity index (χ0v) is 8.75. The van der Waals surface area contributed by atoms with Gasteiger partial charge in [-0.05, 0) is 13.0 Å². The molecule has 0 amide bonds. The van der Waals surface area contributed by atoms with Gasteiger partial charge in [0.2, 0.25) is 0 Å². The van der Waals surface area contributed by atoms with Crippen LogP contribution in [0.1, 0.15) is 22.9 Å². The Labute approximate surface area is 88.2 Å². The van der Waals surface area contributed by atoms with E-state index in [0.717, 1.165) is 16.8 Å². The molecular weight excluding hydrogens is 190 g/mol. The number of pyridine rings is 1. The number of hydrogen-bond donors (Lipinski definition) is 1. The summed E-state index contributed by atoms with van der Waals surface area (Å²) in [5, 5.41) is 14.1. The Kier molecular flexibility index (Phi) is 2.51. The van der Waals surface area contributed by atoms with E-state index in [4.69, 9.17) is 0 Å². The molecule has 15 heavy (non-hydrogen) atoms. The lowest BCUT2D eigenvalue weighted by Gasteiger charge is -2.10. The summed E-state index contributed by atoms with van der Waals surface area (Å²) in [6.07, 6.45) is 4.54. The van der Waals surface area contributed by atoms with Gasteiger partial charge in [0.25, 0.3) is 0 Å². The third kappa shape index (κ3) is 1.89. The van der Waals surface area contributed by atoms with E-state index in [1.54, 1.807) is 23.3 Å². The summed E-state index contributed by atoms with van der Waals surface area (Å²) in [6, 6.07) is 3.70. The van der Waals surface area contributed by atoms with Crippen LogP contribution in [0.4, 0.5) is 0 Å². The number of rotatable bonds is 2. The van der Waals surface area contributed by atoms with Gasteiger partial charge in [-0.2, -0.15) is 5.10 Å². The molecule has 4 heteroatoms. The average Bonchev–Trinajstić information content (AvgIpc) is 2.65. The van der Waals surface area contributed by atoms with Gasteiger partial charge >= 0.3 is 0 Å². The lowest BCUT2D eigenvalue weighted by molar-refractivity contribution is 0.219. The highest BCUT2D eigenvalue weighted by molar-refractivity contribution is 5.29. The smallest absolute Gasteiger partial charge is 0.109 e. The molecule has 0 aliphatic rings. The summed E-state index contributed by atoms with van der Waals surface area (Å²) in [6.45, 7) is 1.88. The molecule has 0 aliphatic carbocycles. The molecule has 4 nitrogen and oxygen atoms in total. The highest BCUT2D eigenvalue weighted by atomic mass is 16.3. The minimum absolute atomic E-state index is 0.646. The highest BCUT2D eigenvalue weighted by Crippen LogP contribution is 2.22. The predicted molar refractivity (Wildman–Crippen MR) is 56.2 cm³/mol. The number of aromatic nitrogens is 3. The predicted octanol–water partition coefficient (Wildman–Crippen LogP) is 1.21. The summed E-state index contributed by atoms with van der Waals surface area (Å²) in [5.41, 5.74) is 2.45. The Morgan fingerprint density at radius 2 is 2.27 bits per heavy atom. The number of aryl methyl sites for hydroxylation is 2. The Morgan fingerprint density at radius 1 is 1.47 bits per heavy atom. The molecule has 2 aromatic rings. The lowest BCUT2D eigenvalue weighted by atomic mass is 10.0. The van der Waals surface area contributed by atoms with Crippen molar-refractivity contribution in [3.05, 3.63) is 47.5 Å². The first-order valence-corrected chi connectivity index (χ1v) is 4.76. The van der Waals surface area contributed by atoms with Crippen LogP contribution in [-0.2, 0) is 7.05 Å². The number of nitrogens with zero attached hydrogens (tertiary/aromatic N) is 3. The molecule has 2 heterocycles. The zero-order chi connectivity index (χ0) is 10.8. The van der Waals surface area contributed by atoms with Crippen LogP contribution < -0.4 is 0 Å². The van der Waals surface area contributed by atoms with Crippen molar-refractivity contribution in [1.82, 2.24) is 14.8 Å². The van der Waals surface area contributed by atoms with Gasteiger partial charge in [0.05, 0.1) is 6.20 Å². The second kappa shape index (κ2) is 3.82. The zero-order valence-electron chi connectivity index (χ0n) is 8.75. The van der Waals surface area contributed by atoms with Crippen molar-refractivity contribution in [1.29, 1.82) is 0 Å². The molecule has 0 saturated carbocycles. The molecule has 0 bridgehead atoms. The molecule has 78 valence electrons. The first-order chi connectivity index (χ1) is 7.18. The fraction of sp³-hybridized carbons (Fsp3) is 0.273. The standard InChI is InChI=1S/C11H13N3O/c1-8-10(4-3-5-12-8)11(15)9-6-13-14(2)7-9/h3-7,11,15H,1-2H3. The molecular formula is C11H13N3O. The van der Waals surface area contributed by atoms with Crippen LogP contribution in [0.15, 0.2) is 30.7 Å². The van der Waals surface area contributed by atoms with E-state index in [-0.39, 0.29) is 0 Å². The Balaban J connectivity index is 2.36. The average molecular weight is 203 g/mol. The number of hydrogen-bond acceptors (Lipinski definition) is 3. The monoisotopic (exact) mass is 203 g/mol. The second-order valence-corrected chi connectivity index (χ2v) is 3.53. The molecule has 1 unspecified atom stereocenters. The Hall–Kier alpha value is -1.68. The van der Waals surface area contributed by atoms with Crippen LogP contribution in [-0.4, -0.2) is 19.9 Å². The van der Waals surface area contributed by atoms with Gasteiger partial charge in [0, 0.05) is 36.3 Å². The normalized spacial score (nSPS) is 12.7. The summed E-state index contributed by atoms with van der Waals surface area (Å²) < 4.78 is 1.67. The van der Waals surface area contributed by atoms with E-state index in [1.807, 2.05) is 26.1 Å². The van der Waals surface area contributed by atoms with Gasteiger partial charge in [-0.15, -0.1) is 0 Å². The molecule has 0 fully saturated rings. The SMILES string of the molecule is Cc1ncccc1C(O)c1cnn(C)c1. The Bertz CT molecular complexity index is 464. The van der Waals surface area contributed by atoms with Crippen LogP contribution in [0.2, 0.25) is 0 Å². The first-order valence-electron chi connectivity index (χ1n) is 4.76. The van der Waals surface area contributed by atoms with E-state index in [1.165, 1.54) is 0 Å². The highest BCUT2D eigenvalue weighted by Gasteiger charge is 2.14. The third-order valence-corrected chi connectivity index (χ3v) is 2.38. The molecule has 0 aromatic carbocycles. The van der Waals surface area contributed by atoms with E-state index < -0.39 is 6.10 Å². The molecule has 1 N–H and O–H groups in total. The van der Waals surface area contributed by atoms with Crippen molar-refractivity contribution in [2.75, 3.05) is 0 Å². The van der Waals surface area contributed by atoms with Crippen LogP contribution in [0.3, 0.4) is 0 Å². The summed E-state index contributed by atoms with van der Waals surface area (Å²) in [4.78, 5) is 4.15. The maximum Gasteiger partial charge on any atom is 0.109 e. The molecule has 0 radical (unpaired) electrons. The van der Waals surface area contributed by atoms with Crippen molar-refractivity contribution in [3.63, 3.8) is 0 Å². The van der Waals surface area contributed by atoms with Crippen LogP contribution in [0, 0.1) is 6.92 Å². The molecule has 0 aliphatic heterocycles. The van der Waals surface area contributed by atoms with E-state index >= 15 is 0 Å². The van der Waals surface area contributed by atoms with Crippen molar-refractivity contribution in [2.24, 2.45) is 7.05 Å². The maximum atomic E-state index is 10.1. The van der Waals surface area contributed by atoms with Crippen LogP contribution in [0.5, 0.6) is 0 Å². The minimum Gasteiger partial charge on any atom is -0.383 e. The molecule has 1 atom stereocenters. The van der Waals surface area contributed by atoms with Crippen molar-refractivity contribution < 1.29 is 5.11 Å². The molecule has 0 saturated heterocycles. The van der Waals surface area contributed by atoms with E-state index in [0.29, 0.717) is 0 Å². The fourth-order valence-corrected chi connectivity index (χ4v) is 1.55. The van der Waals surface area contributed by atoms with Crippen molar-refractivity contribution in [2.45, 2.75) is 13.0 Å². The Morgan fingerprint density at radius 3 is 2.87 bits per heavy atom. The summed E-state index contributed by atoms with van der Waals surface area (Å²) >= 11 is 0. The van der Waals surface area contributed by atoms with Crippen LogP contribution >= 0.6 is 0 Å².